The number of ether oxygens (including phenoxy) is 1. The molecule has 0 heterocycles. The molecule has 13 heavy (non-hydrogen) atoms. The summed E-state index contributed by atoms with van der Waals surface area (Å²) >= 11 is 0. The van der Waals surface area contributed by atoms with Crippen molar-refractivity contribution in [3.05, 3.63) is 0 Å². The molecule has 3 N–H and O–H groups in total. The zero-order valence-corrected chi connectivity index (χ0v) is 8.46. The van der Waals surface area contributed by atoms with Crippen molar-refractivity contribution >= 4 is 0 Å². The predicted octanol–water partition coefficient (Wildman–Crippen LogP) is 0.903. The van der Waals surface area contributed by atoms with Gasteiger partial charge in [-0.3, -0.25) is 0 Å². The first kappa shape index (κ1) is 11.0. The molecule has 0 aliphatic heterocycles. The van der Waals surface area contributed by atoms with Crippen LogP contribution in [0.3, 0.4) is 0 Å². The van der Waals surface area contributed by atoms with Gasteiger partial charge in [0.2, 0.25) is 0 Å². The first-order valence-corrected chi connectivity index (χ1v) is 5.14. The second-order valence-electron chi connectivity index (χ2n) is 4.34. The molecule has 0 spiro atoms. The van der Waals surface area contributed by atoms with E-state index in [1.165, 1.54) is 19.3 Å². The van der Waals surface area contributed by atoms with Gasteiger partial charge in [0, 0.05) is 13.2 Å². The molecule has 1 aliphatic rings. The molecule has 0 aromatic rings. The van der Waals surface area contributed by atoms with Crippen molar-refractivity contribution in [3.8, 4) is 0 Å². The quantitative estimate of drug-likeness (QED) is 0.607. The first-order chi connectivity index (χ1) is 6.14. The van der Waals surface area contributed by atoms with Crippen LogP contribution in [0.4, 0.5) is 0 Å². The fraction of sp³-hybridized carbons (Fsp3) is 1.00. The summed E-state index contributed by atoms with van der Waals surface area (Å²) in [5, 5.41) is 9.51. The molecule has 78 valence electrons. The fourth-order valence-electron chi connectivity index (χ4n) is 1.38. The Bertz CT molecular complexity index is 144. The molecular weight excluding hydrogens is 166 g/mol. The highest BCUT2D eigenvalue weighted by Gasteiger charge is 2.20. The predicted molar refractivity (Wildman–Crippen MR) is 52.5 cm³/mol. The standard InChI is InChI=1S/C10H21NO2/c1-10(12,7-11)8-13-6-5-9-3-2-4-9/h9,12H,2-8,11H2,1H3. The molecule has 0 aromatic carbocycles. The Morgan fingerprint density at radius 2 is 2.23 bits per heavy atom. The SMILES string of the molecule is CC(O)(CN)COCCC1CCC1. The highest BCUT2D eigenvalue weighted by atomic mass is 16.5. The lowest BCUT2D eigenvalue weighted by molar-refractivity contribution is -0.0318. The van der Waals surface area contributed by atoms with Gasteiger partial charge < -0.3 is 15.6 Å². The van der Waals surface area contributed by atoms with Crippen LogP contribution in [0, 0.1) is 5.92 Å². The normalized spacial score (nSPS) is 22.4. The van der Waals surface area contributed by atoms with E-state index in [2.05, 4.69) is 0 Å². The average molecular weight is 187 g/mol. The van der Waals surface area contributed by atoms with Crippen LogP contribution < -0.4 is 5.73 Å². The summed E-state index contributed by atoms with van der Waals surface area (Å²) in [4.78, 5) is 0. The van der Waals surface area contributed by atoms with Gasteiger partial charge in [-0.25, -0.2) is 0 Å². The second kappa shape index (κ2) is 4.94. The van der Waals surface area contributed by atoms with Crippen molar-refractivity contribution in [2.24, 2.45) is 11.7 Å². The molecule has 0 aromatic heterocycles. The lowest BCUT2D eigenvalue weighted by atomic mass is 9.83. The Morgan fingerprint density at radius 3 is 2.69 bits per heavy atom. The molecule has 1 atom stereocenters. The van der Waals surface area contributed by atoms with Gasteiger partial charge in [-0.15, -0.1) is 0 Å². The lowest BCUT2D eigenvalue weighted by Crippen LogP contribution is -2.39. The minimum Gasteiger partial charge on any atom is -0.386 e. The third kappa shape index (κ3) is 4.07. The Hall–Kier alpha value is -0.120. The minimum atomic E-state index is -0.848. The maximum atomic E-state index is 9.51. The van der Waals surface area contributed by atoms with E-state index in [-0.39, 0.29) is 6.54 Å². The van der Waals surface area contributed by atoms with Crippen LogP contribution in [0.2, 0.25) is 0 Å². The van der Waals surface area contributed by atoms with E-state index >= 15 is 0 Å². The monoisotopic (exact) mass is 187 g/mol. The molecule has 0 saturated heterocycles. The Morgan fingerprint density at radius 1 is 1.54 bits per heavy atom. The smallest absolute Gasteiger partial charge is 0.0973 e. The molecule has 3 nitrogen and oxygen atoms in total. The first-order valence-electron chi connectivity index (χ1n) is 5.14. The molecular formula is C10H21NO2. The van der Waals surface area contributed by atoms with Crippen molar-refractivity contribution in [1.29, 1.82) is 0 Å². The summed E-state index contributed by atoms with van der Waals surface area (Å²) in [5.41, 5.74) is 4.51. The zero-order valence-electron chi connectivity index (χ0n) is 8.46. The maximum Gasteiger partial charge on any atom is 0.0973 e. The van der Waals surface area contributed by atoms with E-state index in [0.29, 0.717) is 6.61 Å². The average Bonchev–Trinajstić information content (AvgIpc) is 2.01. The van der Waals surface area contributed by atoms with Crippen molar-refractivity contribution in [2.75, 3.05) is 19.8 Å². The minimum absolute atomic E-state index is 0.260. The van der Waals surface area contributed by atoms with Gasteiger partial charge in [-0.1, -0.05) is 19.3 Å². The van der Waals surface area contributed by atoms with Crippen LogP contribution >= 0.6 is 0 Å². The van der Waals surface area contributed by atoms with E-state index in [0.717, 1.165) is 18.9 Å². The molecule has 1 unspecified atom stereocenters. The van der Waals surface area contributed by atoms with Crippen LogP contribution in [0.25, 0.3) is 0 Å². The second-order valence-corrected chi connectivity index (χ2v) is 4.34. The lowest BCUT2D eigenvalue weighted by Gasteiger charge is -2.26. The summed E-state index contributed by atoms with van der Waals surface area (Å²) < 4.78 is 5.37. The van der Waals surface area contributed by atoms with Crippen LogP contribution in [0.1, 0.15) is 32.6 Å². The van der Waals surface area contributed by atoms with Gasteiger partial charge in [0.25, 0.3) is 0 Å². The molecule has 1 saturated carbocycles. The fourth-order valence-corrected chi connectivity index (χ4v) is 1.38. The maximum absolute atomic E-state index is 9.51. The van der Waals surface area contributed by atoms with E-state index < -0.39 is 5.60 Å². The van der Waals surface area contributed by atoms with Crippen LogP contribution in [0.5, 0.6) is 0 Å². The van der Waals surface area contributed by atoms with Gasteiger partial charge in [-0.2, -0.15) is 0 Å². The van der Waals surface area contributed by atoms with Crippen molar-refractivity contribution in [3.63, 3.8) is 0 Å². The summed E-state index contributed by atoms with van der Waals surface area (Å²) in [7, 11) is 0. The highest BCUT2D eigenvalue weighted by Crippen LogP contribution is 2.29. The van der Waals surface area contributed by atoms with Crippen LogP contribution in [-0.4, -0.2) is 30.5 Å². The van der Waals surface area contributed by atoms with Crippen LogP contribution in [-0.2, 0) is 4.74 Å². The van der Waals surface area contributed by atoms with Gasteiger partial charge in [0.1, 0.15) is 0 Å². The molecule has 0 amide bonds. The van der Waals surface area contributed by atoms with E-state index in [1.807, 2.05) is 0 Å². The third-order valence-corrected chi connectivity index (χ3v) is 2.75. The van der Waals surface area contributed by atoms with E-state index in [1.54, 1.807) is 6.92 Å². The number of hydrogen-bond donors (Lipinski definition) is 2. The summed E-state index contributed by atoms with van der Waals surface area (Å²) in [6.45, 7) is 3.09. The molecule has 0 bridgehead atoms. The summed E-state index contributed by atoms with van der Waals surface area (Å²) in [6.07, 6.45) is 5.24. The van der Waals surface area contributed by atoms with Gasteiger partial charge >= 0.3 is 0 Å². The van der Waals surface area contributed by atoms with Gasteiger partial charge in [0.15, 0.2) is 0 Å². The van der Waals surface area contributed by atoms with Crippen molar-refractivity contribution < 1.29 is 9.84 Å². The highest BCUT2D eigenvalue weighted by molar-refractivity contribution is 4.73. The number of rotatable bonds is 6. The molecule has 0 radical (unpaired) electrons. The Labute approximate surface area is 80.3 Å². The van der Waals surface area contributed by atoms with Gasteiger partial charge in [0.05, 0.1) is 12.2 Å². The number of hydrogen-bond acceptors (Lipinski definition) is 3. The molecule has 1 aliphatic carbocycles. The Balaban J connectivity index is 1.93. The zero-order chi connectivity index (χ0) is 9.73. The van der Waals surface area contributed by atoms with Crippen molar-refractivity contribution in [2.45, 2.75) is 38.2 Å². The van der Waals surface area contributed by atoms with E-state index in [4.69, 9.17) is 10.5 Å². The van der Waals surface area contributed by atoms with Gasteiger partial charge in [-0.05, 0) is 19.3 Å². The molecule has 1 fully saturated rings. The number of nitrogens with two attached hydrogens (primary N) is 1. The van der Waals surface area contributed by atoms with E-state index in [9.17, 15) is 5.11 Å². The molecule has 3 heteroatoms. The van der Waals surface area contributed by atoms with Crippen molar-refractivity contribution in [1.82, 2.24) is 0 Å². The third-order valence-electron chi connectivity index (χ3n) is 2.75. The largest absolute Gasteiger partial charge is 0.386 e. The Kier molecular flexibility index (Phi) is 4.16. The van der Waals surface area contributed by atoms with Crippen LogP contribution in [0.15, 0.2) is 0 Å². The molecule has 1 rings (SSSR count). The number of aliphatic hydroxyl groups is 1. The summed E-state index contributed by atoms with van der Waals surface area (Å²) in [5.74, 6) is 0.878. The topological polar surface area (TPSA) is 55.5 Å². The summed E-state index contributed by atoms with van der Waals surface area (Å²) in [6, 6.07) is 0.